The molecular formula is C36H36N4O4. The van der Waals surface area contributed by atoms with Gasteiger partial charge in [-0.1, -0.05) is 50.2 Å². The summed E-state index contributed by atoms with van der Waals surface area (Å²) >= 11 is 0. The molecule has 0 saturated heterocycles. The van der Waals surface area contributed by atoms with Crippen LogP contribution < -0.4 is 10.6 Å². The van der Waals surface area contributed by atoms with Crippen LogP contribution in [0.25, 0.3) is 22.3 Å². The molecule has 0 aliphatic carbocycles. The van der Waals surface area contributed by atoms with Crippen LogP contribution in [0.4, 0.5) is 11.4 Å². The quantitative estimate of drug-likeness (QED) is 0.259. The van der Waals surface area contributed by atoms with Crippen molar-refractivity contribution < 1.29 is 19.2 Å². The summed E-state index contributed by atoms with van der Waals surface area (Å²) in [5.41, 5.74) is 7.54. The molecule has 2 N–H and O–H groups in total. The first-order chi connectivity index (χ1) is 21.3. The molecule has 4 aliphatic rings. The maximum Gasteiger partial charge on any atom is 0.231 e. The molecule has 0 fully saturated rings. The molecule has 8 rings (SSSR count). The van der Waals surface area contributed by atoms with Crippen molar-refractivity contribution >= 4 is 35.0 Å². The van der Waals surface area contributed by atoms with E-state index >= 15 is 0 Å². The van der Waals surface area contributed by atoms with Crippen molar-refractivity contribution in [3.05, 3.63) is 84.4 Å². The first kappa shape index (κ1) is 28.1. The molecular weight excluding hydrogens is 552 g/mol. The summed E-state index contributed by atoms with van der Waals surface area (Å²) in [6, 6.07) is 19.7. The predicted octanol–water partition coefficient (Wildman–Crippen LogP) is 7.16. The Morgan fingerprint density at radius 2 is 1.00 bits per heavy atom. The average molecular weight is 589 g/mol. The largest absolute Gasteiger partial charge is 0.326 e. The van der Waals surface area contributed by atoms with Gasteiger partial charge >= 0.3 is 0 Å². The molecule has 4 aromatic rings. The molecule has 44 heavy (non-hydrogen) atoms. The van der Waals surface area contributed by atoms with Crippen molar-refractivity contribution in [2.45, 2.75) is 76.0 Å². The minimum absolute atomic E-state index is 0.0244. The van der Waals surface area contributed by atoms with Gasteiger partial charge in [0.25, 0.3) is 0 Å². The van der Waals surface area contributed by atoms with E-state index < -0.39 is 0 Å². The number of para-hydroxylation sites is 2. The normalized spacial score (nSPS) is 23.1. The lowest BCUT2D eigenvalue weighted by Crippen LogP contribution is -2.25. The van der Waals surface area contributed by atoms with Crippen LogP contribution in [-0.4, -0.2) is 32.8 Å². The van der Waals surface area contributed by atoms with E-state index in [9.17, 15) is 19.2 Å². The summed E-state index contributed by atoms with van der Waals surface area (Å²) in [5, 5.41) is 6.03. The molecule has 2 aromatic carbocycles. The summed E-state index contributed by atoms with van der Waals surface area (Å²) < 4.78 is 3.59. The van der Waals surface area contributed by atoms with Crippen LogP contribution in [0.5, 0.6) is 0 Å². The Morgan fingerprint density at radius 1 is 0.591 bits per heavy atom. The fraction of sp³-hybridized carbons (Fsp3) is 0.333. The van der Waals surface area contributed by atoms with Gasteiger partial charge in [0.15, 0.2) is 0 Å². The minimum atomic E-state index is -0.218. The Bertz CT molecular complexity index is 1710. The predicted molar refractivity (Wildman–Crippen MR) is 170 cm³/mol. The van der Waals surface area contributed by atoms with Gasteiger partial charge in [0.2, 0.25) is 23.6 Å². The SMILES string of the molecule is CC[C@@]12CCC(=O)Nc3ccccc3-c3ccn(c31)C(=O)C2.CC[C@@]12CCC(=O)Nc3ccccc3-c3ccn(c31)C(=O)C2. The van der Waals surface area contributed by atoms with Gasteiger partial charge in [0.1, 0.15) is 0 Å². The molecule has 6 heterocycles. The van der Waals surface area contributed by atoms with Gasteiger partial charge in [-0.15, -0.1) is 0 Å². The van der Waals surface area contributed by atoms with Crippen LogP contribution in [0.2, 0.25) is 0 Å². The number of carbonyl (C=O) groups is 4. The second kappa shape index (κ2) is 10.5. The van der Waals surface area contributed by atoms with E-state index in [0.717, 1.165) is 57.9 Å². The number of nitrogens with one attached hydrogen (secondary N) is 2. The van der Waals surface area contributed by atoms with Crippen LogP contribution in [0.15, 0.2) is 73.1 Å². The molecule has 2 aromatic heterocycles. The Hall–Kier alpha value is -4.72. The molecule has 2 atom stereocenters. The third-order valence-corrected chi connectivity index (χ3v) is 10.3. The van der Waals surface area contributed by atoms with Crippen molar-refractivity contribution in [1.29, 1.82) is 0 Å². The van der Waals surface area contributed by atoms with E-state index in [1.807, 2.05) is 73.1 Å². The lowest BCUT2D eigenvalue weighted by Gasteiger charge is -2.27. The van der Waals surface area contributed by atoms with Crippen LogP contribution in [0.3, 0.4) is 0 Å². The number of carbonyl (C=O) groups excluding carboxylic acids is 4. The van der Waals surface area contributed by atoms with Gasteiger partial charge in [-0.3, -0.25) is 28.3 Å². The molecule has 2 amide bonds. The Kier molecular flexibility index (Phi) is 6.68. The van der Waals surface area contributed by atoms with Gasteiger partial charge in [-0.05, 0) is 49.9 Å². The lowest BCUT2D eigenvalue weighted by molar-refractivity contribution is -0.117. The van der Waals surface area contributed by atoms with Crippen molar-refractivity contribution in [3.63, 3.8) is 0 Å². The summed E-state index contributed by atoms with van der Waals surface area (Å²) in [6.07, 6.45) is 8.81. The second-order valence-electron chi connectivity index (χ2n) is 12.5. The van der Waals surface area contributed by atoms with E-state index in [-0.39, 0.29) is 34.5 Å². The van der Waals surface area contributed by atoms with E-state index in [2.05, 4.69) is 24.5 Å². The number of hydrogen-bond acceptors (Lipinski definition) is 4. The number of anilines is 2. The maximum atomic E-state index is 12.4. The summed E-state index contributed by atoms with van der Waals surface area (Å²) in [4.78, 5) is 49.3. The number of benzene rings is 2. The Morgan fingerprint density at radius 3 is 1.41 bits per heavy atom. The molecule has 4 aliphatic heterocycles. The topological polar surface area (TPSA) is 102 Å². The second-order valence-corrected chi connectivity index (χ2v) is 12.5. The van der Waals surface area contributed by atoms with E-state index in [1.165, 1.54) is 0 Å². The van der Waals surface area contributed by atoms with Gasteiger partial charge in [-0.25, -0.2) is 0 Å². The van der Waals surface area contributed by atoms with Gasteiger partial charge in [0.05, 0.1) is 0 Å². The Balaban J connectivity index is 0.000000142. The number of fused-ring (bicyclic) bond motifs is 4. The molecule has 0 spiro atoms. The Labute approximate surface area is 256 Å². The molecule has 0 radical (unpaired) electrons. The highest BCUT2D eigenvalue weighted by Gasteiger charge is 2.46. The van der Waals surface area contributed by atoms with E-state index in [4.69, 9.17) is 0 Å². The monoisotopic (exact) mass is 588 g/mol. The molecule has 8 nitrogen and oxygen atoms in total. The summed E-state index contributed by atoms with van der Waals surface area (Å²) in [7, 11) is 0. The average Bonchev–Trinajstić information content (AvgIpc) is 3.79. The highest BCUT2D eigenvalue weighted by atomic mass is 16.2. The number of aromatic nitrogens is 2. The fourth-order valence-corrected chi connectivity index (χ4v) is 7.85. The van der Waals surface area contributed by atoms with Gasteiger partial charge in [-0.2, -0.15) is 0 Å². The number of nitrogens with zero attached hydrogens (tertiary/aromatic N) is 2. The highest BCUT2D eigenvalue weighted by molar-refractivity contribution is 5.99. The van der Waals surface area contributed by atoms with Crippen LogP contribution in [-0.2, 0) is 20.4 Å². The van der Waals surface area contributed by atoms with Crippen molar-refractivity contribution in [1.82, 2.24) is 9.13 Å². The molecule has 0 unspecified atom stereocenters. The molecule has 224 valence electrons. The maximum absolute atomic E-state index is 12.4. The first-order valence-electron chi connectivity index (χ1n) is 15.6. The van der Waals surface area contributed by atoms with E-state index in [0.29, 0.717) is 38.5 Å². The highest BCUT2D eigenvalue weighted by Crippen LogP contribution is 2.50. The van der Waals surface area contributed by atoms with E-state index in [1.54, 1.807) is 9.13 Å². The zero-order chi connectivity index (χ0) is 30.6. The van der Waals surface area contributed by atoms with Crippen LogP contribution >= 0.6 is 0 Å². The first-order valence-corrected chi connectivity index (χ1v) is 15.6. The number of amides is 2. The minimum Gasteiger partial charge on any atom is -0.326 e. The zero-order valence-corrected chi connectivity index (χ0v) is 25.1. The van der Waals surface area contributed by atoms with Crippen molar-refractivity contribution in [2.75, 3.05) is 10.6 Å². The van der Waals surface area contributed by atoms with Crippen LogP contribution in [0.1, 0.15) is 86.2 Å². The smallest absolute Gasteiger partial charge is 0.231 e. The summed E-state index contributed by atoms with van der Waals surface area (Å²) in [6.45, 7) is 4.23. The number of hydrogen-bond donors (Lipinski definition) is 2. The van der Waals surface area contributed by atoms with Gasteiger partial charge < -0.3 is 10.6 Å². The summed E-state index contributed by atoms with van der Waals surface area (Å²) in [5.74, 6) is 0.329. The molecule has 8 heteroatoms. The third kappa shape index (κ3) is 4.26. The fourth-order valence-electron chi connectivity index (χ4n) is 7.85. The van der Waals surface area contributed by atoms with Crippen molar-refractivity contribution in [3.8, 4) is 22.3 Å². The van der Waals surface area contributed by atoms with Crippen molar-refractivity contribution in [2.24, 2.45) is 0 Å². The molecule has 0 bridgehead atoms. The third-order valence-electron chi connectivity index (χ3n) is 10.3. The van der Waals surface area contributed by atoms with Crippen LogP contribution in [0, 0.1) is 0 Å². The van der Waals surface area contributed by atoms with Gasteiger partial charge in [0, 0.05) is 93.9 Å². The molecule has 0 saturated carbocycles. The standard InChI is InChI=1S/2C18H18N2O2/c2*1-2-18-9-7-15(21)19-14-6-4-3-5-12(14)13-8-10-20(17(13)18)16(22)11-18/h2*3-6,8,10H,2,7,9,11H2,1H3,(H,19,21)/t2*18-/m00/s1. The number of rotatable bonds is 2. The zero-order valence-electron chi connectivity index (χ0n) is 25.1. The lowest BCUT2D eigenvalue weighted by atomic mass is 9.75.